The molecule has 1 atom stereocenters. The number of amides is 2. The Morgan fingerprint density at radius 3 is 2.83 bits per heavy atom. The van der Waals surface area contributed by atoms with Gasteiger partial charge in [-0.2, -0.15) is 0 Å². The predicted molar refractivity (Wildman–Crippen MR) is 69.6 cm³/mol. The fourth-order valence-corrected chi connectivity index (χ4v) is 1.90. The van der Waals surface area contributed by atoms with Gasteiger partial charge in [-0.3, -0.25) is 9.59 Å². The Morgan fingerprint density at radius 1 is 1.44 bits per heavy atom. The third kappa shape index (κ3) is 2.80. The molecule has 0 bridgehead atoms. The van der Waals surface area contributed by atoms with E-state index in [-0.39, 0.29) is 17.9 Å². The van der Waals surface area contributed by atoms with E-state index in [1.165, 1.54) is 0 Å². The van der Waals surface area contributed by atoms with Gasteiger partial charge in [0, 0.05) is 38.3 Å². The summed E-state index contributed by atoms with van der Waals surface area (Å²) in [5.74, 6) is -0.150. The molecule has 2 amide bonds. The van der Waals surface area contributed by atoms with Crippen molar-refractivity contribution in [3.05, 3.63) is 29.8 Å². The van der Waals surface area contributed by atoms with Crippen molar-refractivity contribution in [1.82, 2.24) is 10.6 Å². The molecule has 5 nitrogen and oxygen atoms in total. The van der Waals surface area contributed by atoms with Crippen LogP contribution < -0.4 is 15.5 Å². The zero-order chi connectivity index (χ0) is 13.1. The molecule has 1 aliphatic rings. The van der Waals surface area contributed by atoms with Crippen LogP contribution in [0.5, 0.6) is 0 Å². The molecule has 5 heteroatoms. The predicted octanol–water partition coefficient (Wildman–Crippen LogP) is 0.371. The smallest absolute Gasteiger partial charge is 0.251 e. The first-order valence-electron chi connectivity index (χ1n) is 5.91. The maximum Gasteiger partial charge on any atom is 0.251 e. The molecule has 0 saturated carbocycles. The molecule has 2 rings (SSSR count). The highest BCUT2D eigenvalue weighted by atomic mass is 16.2. The van der Waals surface area contributed by atoms with Crippen LogP contribution in [-0.4, -0.2) is 38.5 Å². The van der Waals surface area contributed by atoms with E-state index in [9.17, 15) is 9.59 Å². The van der Waals surface area contributed by atoms with Gasteiger partial charge >= 0.3 is 0 Å². The van der Waals surface area contributed by atoms with Crippen LogP contribution in [-0.2, 0) is 4.79 Å². The molecule has 1 heterocycles. The lowest BCUT2D eigenvalue weighted by atomic mass is 10.1. The SMILES string of the molecule is CN(C)c1cccc(C(=O)NC2CNC(=O)C2)c1. The number of nitrogens with zero attached hydrogens (tertiary/aromatic N) is 1. The van der Waals surface area contributed by atoms with Crippen LogP contribution >= 0.6 is 0 Å². The zero-order valence-corrected chi connectivity index (χ0v) is 10.6. The lowest BCUT2D eigenvalue weighted by Gasteiger charge is -2.14. The van der Waals surface area contributed by atoms with Gasteiger partial charge in [0.1, 0.15) is 0 Å². The van der Waals surface area contributed by atoms with Gasteiger partial charge in [-0.05, 0) is 18.2 Å². The Bertz CT molecular complexity index is 471. The van der Waals surface area contributed by atoms with Crippen molar-refractivity contribution >= 4 is 17.5 Å². The number of benzene rings is 1. The molecule has 0 spiro atoms. The van der Waals surface area contributed by atoms with Gasteiger partial charge in [-0.15, -0.1) is 0 Å². The first-order valence-corrected chi connectivity index (χ1v) is 5.91. The summed E-state index contributed by atoms with van der Waals surface area (Å²) in [6.07, 6.45) is 0.360. The molecule has 0 aliphatic carbocycles. The molecule has 1 aliphatic heterocycles. The summed E-state index contributed by atoms with van der Waals surface area (Å²) >= 11 is 0. The quantitative estimate of drug-likeness (QED) is 0.811. The first kappa shape index (κ1) is 12.4. The van der Waals surface area contributed by atoms with E-state index in [1.54, 1.807) is 6.07 Å². The molecular formula is C13H17N3O2. The summed E-state index contributed by atoms with van der Waals surface area (Å²) in [5.41, 5.74) is 1.59. The highest BCUT2D eigenvalue weighted by Gasteiger charge is 2.23. The maximum absolute atomic E-state index is 12.0. The van der Waals surface area contributed by atoms with Gasteiger partial charge < -0.3 is 15.5 Å². The molecule has 1 unspecified atom stereocenters. The molecule has 1 aromatic rings. The second kappa shape index (κ2) is 5.08. The Labute approximate surface area is 106 Å². The molecule has 0 aromatic heterocycles. The van der Waals surface area contributed by atoms with Gasteiger partial charge in [0.05, 0.1) is 6.04 Å². The summed E-state index contributed by atoms with van der Waals surface area (Å²) in [4.78, 5) is 25.0. The summed E-state index contributed by atoms with van der Waals surface area (Å²) < 4.78 is 0. The van der Waals surface area contributed by atoms with Crippen molar-refractivity contribution in [3.8, 4) is 0 Å². The van der Waals surface area contributed by atoms with Gasteiger partial charge in [0.25, 0.3) is 5.91 Å². The highest BCUT2D eigenvalue weighted by Crippen LogP contribution is 2.13. The number of carbonyl (C=O) groups excluding carboxylic acids is 2. The largest absolute Gasteiger partial charge is 0.378 e. The highest BCUT2D eigenvalue weighted by molar-refractivity contribution is 5.96. The topological polar surface area (TPSA) is 61.4 Å². The minimum absolute atomic E-state index is 0.0117. The van der Waals surface area contributed by atoms with Crippen molar-refractivity contribution in [2.75, 3.05) is 25.5 Å². The Balaban J connectivity index is 2.04. The van der Waals surface area contributed by atoms with Crippen molar-refractivity contribution in [3.63, 3.8) is 0 Å². The second-order valence-electron chi connectivity index (χ2n) is 4.62. The summed E-state index contributed by atoms with van der Waals surface area (Å²) in [5, 5.41) is 5.55. The van der Waals surface area contributed by atoms with E-state index in [1.807, 2.05) is 37.2 Å². The van der Waals surface area contributed by atoms with Crippen LogP contribution in [0.4, 0.5) is 5.69 Å². The Hall–Kier alpha value is -2.04. The van der Waals surface area contributed by atoms with Gasteiger partial charge in [0.2, 0.25) is 5.91 Å². The summed E-state index contributed by atoms with van der Waals surface area (Å²) in [7, 11) is 3.85. The van der Waals surface area contributed by atoms with Crippen LogP contribution in [0.1, 0.15) is 16.8 Å². The third-order valence-electron chi connectivity index (χ3n) is 2.94. The molecule has 1 saturated heterocycles. The van der Waals surface area contributed by atoms with E-state index < -0.39 is 0 Å². The fourth-order valence-electron chi connectivity index (χ4n) is 1.90. The zero-order valence-electron chi connectivity index (χ0n) is 10.6. The standard InChI is InChI=1S/C13H17N3O2/c1-16(2)11-5-3-4-9(6-11)13(18)15-10-7-12(17)14-8-10/h3-6,10H,7-8H2,1-2H3,(H,14,17)(H,15,18). The molecule has 2 N–H and O–H groups in total. The number of rotatable bonds is 3. The number of hydrogen-bond acceptors (Lipinski definition) is 3. The van der Waals surface area contributed by atoms with Crippen LogP contribution in [0, 0.1) is 0 Å². The van der Waals surface area contributed by atoms with Crippen molar-refractivity contribution < 1.29 is 9.59 Å². The first-order chi connectivity index (χ1) is 8.56. The number of nitrogens with one attached hydrogen (secondary N) is 2. The second-order valence-corrected chi connectivity index (χ2v) is 4.62. The summed E-state index contributed by atoms with van der Waals surface area (Å²) in [6, 6.07) is 7.29. The number of carbonyl (C=O) groups is 2. The minimum Gasteiger partial charge on any atom is -0.378 e. The van der Waals surface area contributed by atoms with Gasteiger partial charge in [-0.25, -0.2) is 0 Å². The number of anilines is 1. The van der Waals surface area contributed by atoms with Crippen LogP contribution in [0.15, 0.2) is 24.3 Å². The van der Waals surface area contributed by atoms with Crippen LogP contribution in [0.25, 0.3) is 0 Å². The lowest BCUT2D eigenvalue weighted by molar-refractivity contribution is -0.119. The number of hydrogen-bond donors (Lipinski definition) is 2. The van der Waals surface area contributed by atoms with E-state index >= 15 is 0 Å². The normalized spacial score (nSPS) is 18.3. The third-order valence-corrected chi connectivity index (χ3v) is 2.94. The molecule has 96 valence electrons. The molecule has 18 heavy (non-hydrogen) atoms. The Morgan fingerprint density at radius 2 is 2.22 bits per heavy atom. The Kier molecular flexibility index (Phi) is 3.50. The van der Waals surface area contributed by atoms with E-state index in [0.717, 1.165) is 5.69 Å². The van der Waals surface area contributed by atoms with E-state index in [2.05, 4.69) is 10.6 Å². The van der Waals surface area contributed by atoms with Gasteiger partial charge in [0.15, 0.2) is 0 Å². The van der Waals surface area contributed by atoms with Crippen molar-refractivity contribution in [2.45, 2.75) is 12.5 Å². The molecule has 0 radical (unpaired) electrons. The molecule has 1 aromatic carbocycles. The monoisotopic (exact) mass is 247 g/mol. The fraction of sp³-hybridized carbons (Fsp3) is 0.385. The van der Waals surface area contributed by atoms with Crippen molar-refractivity contribution in [2.24, 2.45) is 0 Å². The van der Waals surface area contributed by atoms with Gasteiger partial charge in [-0.1, -0.05) is 6.07 Å². The average Bonchev–Trinajstić information content (AvgIpc) is 2.75. The maximum atomic E-state index is 12.0. The van der Waals surface area contributed by atoms with Crippen molar-refractivity contribution in [1.29, 1.82) is 0 Å². The summed E-state index contributed by atoms with van der Waals surface area (Å²) in [6.45, 7) is 0.512. The molecule has 1 fully saturated rings. The van der Waals surface area contributed by atoms with E-state index in [0.29, 0.717) is 18.5 Å². The average molecular weight is 247 g/mol. The van der Waals surface area contributed by atoms with E-state index in [4.69, 9.17) is 0 Å². The van der Waals surface area contributed by atoms with Crippen LogP contribution in [0.2, 0.25) is 0 Å². The minimum atomic E-state index is -0.139. The molecular weight excluding hydrogens is 230 g/mol. The van der Waals surface area contributed by atoms with Crippen LogP contribution in [0.3, 0.4) is 0 Å². The lowest BCUT2D eigenvalue weighted by Crippen LogP contribution is -2.36.